The molecule has 1 amide bonds. The first-order valence-corrected chi connectivity index (χ1v) is 4.23. The van der Waals surface area contributed by atoms with Gasteiger partial charge in [0.25, 0.3) is 0 Å². The molecule has 0 aliphatic carbocycles. The first-order valence-electron chi connectivity index (χ1n) is 4.23. The van der Waals surface area contributed by atoms with Crippen LogP contribution < -0.4 is 11.1 Å². The quantitative estimate of drug-likeness (QED) is 0.781. The Bertz CT molecular complexity index is 297. The van der Waals surface area contributed by atoms with E-state index in [0.29, 0.717) is 5.82 Å². The summed E-state index contributed by atoms with van der Waals surface area (Å²) in [5, 5.41) is 6.69. The number of aryl methyl sites for hydroxylation is 1. The van der Waals surface area contributed by atoms with Gasteiger partial charge >= 0.3 is 0 Å². The predicted octanol–water partition coefficient (Wildman–Crippen LogP) is 0.610. The van der Waals surface area contributed by atoms with Crippen LogP contribution in [0.3, 0.4) is 0 Å². The number of hydrogen-bond acceptors (Lipinski definition) is 3. The lowest BCUT2D eigenvalue weighted by Crippen LogP contribution is -2.33. The second kappa shape index (κ2) is 5.62. The van der Waals surface area contributed by atoms with Crippen LogP contribution in [0.4, 0.5) is 5.82 Å². The van der Waals surface area contributed by atoms with E-state index in [2.05, 4.69) is 10.4 Å². The highest BCUT2D eigenvalue weighted by molar-refractivity contribution is 5.93. The van der Waals surface area contributed by atoms with Crippen molar-refractivity contribution in [2.75, 3.05) is 5.32 Å². The molecule has 1 atom stereocenters. The molecule has 1 unspecified atom stereocenters. The van der Waals surface area contributed by atoms with Crippen molar-refractivity contribution in [3.8, 4) is 0 Å². The van der Waals surface area contributed by atoms with E-state index >= 15 is 0 Å². The average Bonchev–Trinajstić information content (AvgIpc) is 2.51. The summed E-state index contributed by atoms with van der Waals surface area (Å²) >= 11 is 0. The smallest absolute Gasteiger partial charge is 0.242 e. The van der Waals surface area contributed by atoms with Crippen LogP contribution in [0, 0.1) is 0 Å². The summed E-state index contributed by atoms with van der Waals surface area (Å²) in [6.07, 6.45) is 1.64. The average molecular weight is 219 g/mol. The minimum atomic E-state index is -0.500. The molecule has 1 aromatic heterocycles. The van der Waals surface area contributed by atoms with Crippen LogP contribution >= 0.6 is 12.4 Å². The second-order valence-corrected chi connectivity index (χ2v) is 2.81. The first-order chi connectivity index (χ1) is 6.15. The van der Waals surface area contributed by atoms with Crippen LogP contribution in [0.15, 0.2) is 12.3 Å². The largest absolute Gasteiger partial charge is 0.320 e. The van der Waals surface area contributed by atoms with E-state index in [0.717, 1.165) is 6.54 Å². The molecule has 0 aliphatic rings. The van der Waals surface area contributed by atoms with Crippen LogP contribution in [0.1, 0.15) is 13.8 Å². The summed E-state index contributed by atoms with van der Waals surface area (Å²) in [5.74, 6) is 0.486. The Labute approximate surface area is 89.1 Å². The van der Waals surface area contributed by atoms with Crippen molar-refractivity contribution < 1.29 is 4.79 Å². The Morgan fingerprint density at radius 1 is 1.79 bits per heavy atom. The summed E-state index contributed by atoms with van der Waals surface area (Å²) in [6.45, 7) is 4.32. The lowest BCUT2D eigenvalue weighted by atomic mass is 10.3. The van der Waals surface area contributed by atoms with Gasteiger partial charge in [0.1, 0.15) is 5.82 Å². The van der Waals surface area contributed by atoms with E-state index in [-0.39, 0.29) is 18.3 Å². The third kappa shape index (κ3) is 3.01. The minimum Gasteiger partial charge on any atom is -0.320 e. The highest BCUT2D eigenvalue weighted by atomic mass is 35.5. The maximum atomic E-state index is 11.2. The number of nitrogens with zero attached hydrogens (tertiary/aromatic N) is 2. The van der Waals surface area contributed by atoms with Gasteiger partial charge in [0.2, 0.25) is 5.91 Å². The third-order valence-electron chi connectivity index (χ3n) is 1.68. The van der Waals surface area contributed by atoms with E-state index in [1.165, 1.54) is 0 Å². The van der Waals surface area contributed by atoms with E-state index < -0.39 is 6.04 Å². The predicted molar refractivity (Wildman–Crippen MR) is 57.4 cm³/mol. The summed E-state index contributed by atoms with van der Waals surface area (Å²) in [7, 11) is 0. The first kappa shape index (κ1) is 12.9. The Kier molecular flexibility index (Phi) is 5.19. The Morgan fingerprint density at radius 3 is 2.93 bits per heavy atom. The normalized spacial score (nSPS) is 11.6. The van der Waals surface area contributed by atoms with Gasteiger partial charge in [0, 0.05) is 12.6 Å². The SMILES string of the molecule is CCn1nccc1NC(=O)C(C)N.Cl. The number of nitrogens with two attached hydrogens (primary N) is 1. The number of nitrogens with one attached hydrogen (secondary N) is 1. The molecule has 3 N–H and O–H groups in total. The fourth-order valence-electron chi connectivity index (χ4n) is 0.931. The molecule has 1 rings (SSSR count). The molecule has 0 aromatic carbocycles. The molecule has 80 valence electrons. The Hall–Kier alpha value is -1.07. The number of aromatic nitrogens is 2. The minimum absolute atomic E-state index is 0. The van der Waals surface area contributed by atoms with Crippen LogP contribution in [0.2, 0.25) is 0 Å². The van der Waals surface area contributed by atoms with E-state index in [9.17, 15) is 4.79 Å². The fourth-order valence-corrected chi connectivity index (χ4v) is 0.931. The molecular weight excluding hydrogens is 204 g/mol. The molecule has 0 saturated carbocycles. The molecule has 0 radical (unpaired) electrons. The highest BCUT2D eigenvalue weighted by Crippen LogP contribution is 2.05. The number of carbonyl (C=O) groups excluding carboxylic acids is 1. The van der Waals surface area contributed by atoms with Crippen molar-refractivity contribution in [3.05, 3.63) is 12.3 Å². The molecule has 5 nitrogen and oxygen atoms in total. The number of rotatable bonds is 3. The summed E-state index contributed by atoms with van der Waals surface area (Å²) < 4.78 is 1.69. The van der Waals surface area contributed by atoms with Crippen molar-refractivity contribution >= 4 is 24.1 Å². The van der Waals surface area contributed by atoms with Crippen LogP contribution in [-0.4, -0.2) is 21.7 Å². The summed E-state index contributed by atoms with van der Waals surface area (Å²) in [5.41, 5.74) is 5.40. The lowest BCUT2D eigenvalue weighted by molar-refractivity contribution is -0.117. The monoisotopic (exact) mass is 218 g/mol. The number of amides is 1. The maximum absolute atomic E-state index is 11.2. The molecule has 14 heavy (non-hydrogen) atoms. The zero-order valence-electron chi connectivity index (χ0n) is 8.23. The van der Waals surface area contributed by atoms with Crippen molar-refractivity contribution in [2.24, 2.45) is 5.73 Å². The van der Waals surface area contributed by atoms with Crippen molar-refractivity contribution in [1.82, 2.24) is 9.78 Å². The topological polar surface area (TPSA) is 72.9 Å². The summed E-state index contributed by atoms with van der Waals surface area (Å²) in [6, 6.07) is 1.24. The Balaban J connectivity index is 0.00000169. The van der Waals surface area contributed by atoms with Crippen molar-refractivity contribution in [3.63, 3.8) is 0 Å². The van der Waals surface area contributed by atoms with E-state index in [1.54, 1.807) is 23.9 Å². The van der Waals surface area contributed by atoms with E-state index in [1.807, 2.05) is 6.92 Å². The van der Waals surface area contributed by atoms with Crippen molar-refractivity contribution in [2.45, 2.75) is 26.4 Å². The van der Waals surface area contributed by atoms with Gasteiger partial charge in [-0.05, 0) is 13.8 Å². The second-order valence-electron chi connectivity index (χ2n) is 2.81. The molecule has 0 spiro atoms. The molecule has 1 aromatic rings. The third-order valence-corrected chi connectivity index (χ3v) is 1.68. The molecule has 0 bridgehead atoms. The van der Waals surface area contributed by atoms with Gasteiger partial charge in [-0.15, -0.1) is 12.4 Å². The standard InChI is InChI=1S/C8H14N4O.ClH/c1-3-12-7(4-5-10-12)11-8(13)6(2)9;/h4-6H,3,9H2,1-2H3,(H,11,13);1H. The highest BCUT2D eigenvalue weighted by Gasteiger charge is 2.09. The van der Waals surface area contributed by atoms with Gasteiger partial charge in [-0.2, -0.15) is 5.10 Å². The number of halogens is 1. The number of carbonyl (C=O) groups is 1. The van der Waals surface area contributed by atoms with Crippen LogP contribution in [-0.2, 0) is 11.3 Å². The summed E-state index contributed by atoms with van der Waals surface area (Å²) in [4.78, 5) is 11.2. The number of hydrogen-bond donors (Lipinski definition) is 2. The maximum Gasteiger partial charge on any atom is 0.242 e. The zero-order valence-corrected chi connectivity index (χ0v) is 9.04. The van der Waals surface area contributed by atoms with Gasteiger partial charge in [0.15, 0.2) is 0 Å². The molecule has 0 aliphatic heterocycles. The lowest BCUT2D eigenvalue weighted by Gasteiger charge is -2.08. The van der Waals surface area contributed by atoms with Crippen molar-refractivity contribution in [1.29, 1.82) is 0 Å². The fraction of sp³-hybridized carbons (Fsp3) is 0.500. The van der Waals surface area contributed by atoms with Crippen LogP contribution in [0.25, 0.3) is 0 Å². The van der Waals surface area contributed by atoms with Gasteiger partial charge in [-0.1, -0.05) is 0 Å². The van der Waals surface area contributed by atoms with Gasteiger partial charge < -0.3 is 11.1 Å². The molecule has 1 heterocycles. The molecule has 0 fully saturated rings. The Morgan fingerprint density at radius 2 is 2.43 bits per heavy atom. The molecule has 6 heteroatoms. The molecule has 0 saturated heterocycles. The van der Waals surface area contributed by atoms with Crippen LogP contribution in [0.5, 0.6) is 0 Å². The van der Waals surface area contributed by atoms with Gasteiger partial charge in [-0.25, -0.2) is 4.68 Å². The zero-order chi connectivity index (χ0) is 9.84. The van der Waals surface area contributed by atoms with E-state index in [4.69, 9.17) is 5.73 Å². The van der Waals surface area contributed by atoms with Gasteiger partial charge in [0.05, 0.1) is 12.2 Å². The molecular formula is C8H15ClN4O. The number of anilines is 1. The van der Waals surface area contributed by atoms with Gasteiger partial charge in [-0.3, -0.25) is 4.79 Å².